The minimum Gasteiger partial charge on any atom is -0.507 e. The Morgan fingerprint density at radius 3 is 2.47 bits per heavy atom. The zero-order valence-electron chi connectivity index (χ0n) is 10.9. The van der Waals surface area contributed by atoms with Gasteiger partial charge in [-0.25, -0.2) is 4.79 Å². The van der Waals surface area contributed by atoms with Gasteiger partial charge in [-0.1, -0.05) is 31.8 Å². The highest BCUT2D eigenvalue weighted by Gasteiger charge is 2.15. The van der Waals surface area contributed by atoms with E-state index >= 15 is 0 Å². The Balaban J connectivity index is 2.79. The third-order valence-electron chi connectivity index (χ3n) is 2.63. The topological polar surface area (TPSA) is 46.5 Å². The standard InChI is InChI=1S/C13H20O3Si/c1-16-13(15)11-6-5-10(9-12(11)14)7-8-17(2,3)4/h5-6,9,14H,7-8H2,1-4H3. The Labute approximate surface area is 103 Å². The van der Waals surface area contributed by atoms with Crippen molar-refractivity contribution in [1.29, 1.82) is 0 Å². The number of methoxy groups -OCH3 is 1. The number of ether oxygens (including phenoxy) is 1. The first-order valence-corrected chi connectivity index (χ1v) is 9.44. The molecule has 0 unspecified atom stereocenters. The summed E-state index contributed by atoms with van der Waals surface area (Å²) in [6.45, 7) is 6.95. The van der Waals surface area contributed by atoms with Crippen LogP contribution in [0.3, 0.4) is 0 Å². The quantitative estimate of drug-likeness (QED) is 0.661. The maximum atomic E-state index is 11.3. The van der Waals surface area contributed by atoms with Gasteiger partial charge in [0.15, 0.2) is 0 Å². The van der Waals surface area contributed by atoms with Crippen LogP contribution >= 0.6 is 0 Å². The molecule has 0 atom stereocenters. The molecule has 0 aliphatic carbocycles. The summed E-state index contributed by atoms with van der Waals surface area (Å²) in [5.74, 6) is -0.496. The Kier molecular flexibility index (Phi) is 4.34. The number of esters is 1. The summed E-state index contributed by atoms with van der Waals surface area (Å²) >= 11 is 0. The van der Waals surface area contributed by atoms with Gasteiger partial charge in [0.25, 0.3) is 0 Å². The minimum absolute atomic E-state index is 0.00456. The zero-order valence-corrected chi connectivity index (χ0v) is 11.9. The average molecular weight is 252 g/mol. The van der Waals surface area contributed by atoms with Gasteiger partial charge in [-0.15, -0.1) is 0 Å². The second kappa shape index (κ2) is 5.36. The van der Waals surface area contributed by atoms with Crippen LogP contribution in [-0.2, 0) is 11.2 Å². The molecule has 94 valence electrons. The molecule has 0 aliphatic heterocycles. The van der Waals surface area contributed by atoms with Crippen LogP contribution < -0.4 is 0 Å². The molecule has 0 saturated heterocycles. The Hall–Kier alpha value is -1.29. The van der Waals surface area contributed by atoms with Crippen molar-refractivity contribution in [1.82, 2.24) is 0 Å². The first-order chi connectivity index (χ1) is 7.83. The van der Waals surface area contributed by atoms with Crippen molar-refractivity contribution in [3.8, 4) is 5.75 Å². The van der Waals surface area contributed by atoms with Crippen LogP contribution in [0.25, 0.3) is 0 Å². The molecular formula is C13H20O3Si. The summed E-state index contributed by atoms with van der Waals surface area (Å²) < 4.78 is 4.58. The summed E-state index contributed by atoms with van der Waals surface area (Å²) in [5.41, 5.74) is 1.29. The van der Waals surface area contributed by atoms with Gasteiger partial charge in [-0.3, -0.25) is 0 Å². The van der Waals surface area contributed by atoms with Crippen molar-refractivity contribution in [3.63, 3.8) is 0 Å². The van der Waals surface area contributed by atoms with Crippen molar-refractivity contribution in [2.45, 2.75) is 32.1 Å². The van der Waals surface area contributed by atoms with Crippen LogP contribution in [0.5, 0.6) is 5.75 Å². The number of benzene rings is 1. The fourth-order valence-electron chi connectivity index (χ4n) is 1.53. The number of rotatable bonds is 4. The van der Waals surface area contributed by atoms with E-state index in [0.29, 0.717) is 0 Å². The van der Waals surface area contributed by atoms with E-state index < -0.39 is 14.0 Å². The maximum absolute atomic E-state index is 11.3. The van der Waals surface area contributed by atoms with E-state index in [2.05, 4.69) is 24.4 Å². The lowest BCUT2D eigenvalue weighted by Crippen LogP contribution is -2.19. The van der Waals surface area contributed by atoms with Gasteiger partial charge in [0.2, 0.25) is 0 Å². The molecule has 0 heterocycles. The highest BCUT2D eigenvalue weighted by molar-refractivity contribution is 6.76. The number of carbonyl (C=O) groups excluding carboxylic acids is 1. The Morgan fingerprint density at radius 1 is 1.35 bits per heavy atom. The average Bonchev–Trinajstić information content (AvgIpc) is 2.24. The van der Waals surface area contributed by atoms with Crippen molar-refractivity contribution < 1.29 is 14.6 Å². The number of phenols is 1. The van der Waals surface area contributed by atoms with E-state index in [1.54, 1.807) is 12.1 Å². The molecule has 1 aromatic carbocycles. The van der Waals surface area contributed by atoms with Crippen LogP contribution in [0.2, 0.25) is 25.7 Å². The molecule has 0 radical (unpaired) electrons. The maximum Gasteiger partial charge on any atom is 0.341 e. The molecule has 3 nitrogen and oxygen atoms in total. The fourth-order valence-corrected chi connectivity index (χ4v) is 2.57. The summed E-state index contributed by atoms with van der Waals surface area (Å²) in [7, 11) is 0.233. The Bertz CT molecular complexity index is 408. The lowest BCUT2D eigenvalue weighted by Gasteiger charge is -2.15. The smallest absolute Gasteiger partial charge is 0.341 e. The normalized spacial score (nSPS) is 11.3. The minimum atomic E-state index is -1.07. The molecule has 0 amide bonds. The van der Waals surface area contributed by atoms with Crippen LogP contribution in [-0.4, -0.2) is 26.3 Å². The second-order valence-corrected chi connectivity index (χ2v) is 11.0. The van der Waals surface area contributed by atoms with E-state index in [1.807, 2.05) is 6.07 Å². The van der Waals surface area contributed by atoms with E-state index in [0.717, 1.165) is 12.0 Å². The van der Waals surface area contributed by atoms with Crippen molar-refractivity contribution in [2.24, 2.45) is 0 Å². The van der Waals surface area contributed by atoms with Gasteiger partial charge in [0.05, 0.1) is 7.11 Å². The number of hydrogen-bond donors (Lipinski definition) is 1. The number of aromatic hydroxyl groups is 1. The first-order valence-electron chi connectivity index (χ1n) is 5.74. The summed E-state index contributed by atoms with van der Waals surface area (Å²) in [4.78, 5) is 11.3. The lowest BCUT2D eigenvalue weighted by atomic mass is 10.1. The van der Waals surface area contributed by atoms with E-state index in [4.69, 9.17) is 0 Å². The SMILES string of the molecule is COC(=O)c1ccc(CC[Si](C)(C)C)cc1O. The van der Waals surface area contributed by atoms with E-state index in [9.17, 15) is 9.90 Å². The van der Waals surface area contributed by atoms with Gasteiger partial charge >= 0.3 is 5.97 Å². The zero-order chi connectivity index (χ0) is 13.1. The fraction of sp³-hybridized carbons (Fsp3) is 0.462. The highest BCUT2D eigenvalue weighted by atomic mass is 28.3. The van der Waals surface area contributed by atoms with E-state index in [-0.39, 0.29) is 11.3 Å². The van der Waals surface area contributed by atoms with Crippen molar-refractivity contribution in [2.75, 3.05) is 7.11 Å². The molecule has 4 heteroatoms. The predicted molar refractivity (Wildman–Crippen MR) is 71.3 cm³/mol. The monoisotopic (exact) mass is 252 g/mol. The number of phenolic OH excluding ortho intramolecular Hbond substituents is 1. The first kappa shape index (κ1) is 13.8. The number of carbonyl (C=O) groups is 1. The largest absolute Gasteiger partial charge is 0.507 e. The van der Waals surface area contributed by atoms with Crippen molar-refractivity contribution in [3.05, 3.63) is 29.3 Å². The molecule has 17 heavy (non-hydrogen) atoms. The third-order valence-corrected chi connectivity index (χ3v) is 4.38. The molecule has 0 aromatic heterocycles. The van der Waals surface area contributed by atoms with Gasteiger partial charge in [-0.2, -0.15) is 0 Å². The number of aryl methyl sites for hydroxylation is 1. The van der Waals surface area contributed by atoms with Gasteiger partial charge in [-0.05, 0) is 24.1 Å². The lowest BCUT2D eigenvalue weighted by molar-refractivity contribution is 0.0597. The molecular weight excluding hydrogens is 232 g/mol. The van der Waals surface area contributed by atoms with Gasteiger partial charge in [0, 0.05) is 8.07 Å². The van der Waals surface area contributed by atoms with E-state index in [1.165, 1.54) is 13.2 Å². The van der Waals surface area contributed by atoms with Crippen molar-refractivity contribution >= 4 is 14.0 Å². The molecule has 1 aromatic rings. The van der Waals surface area contributed by atoms with Crippen LogP contribution in [0.4, 0.5) is 0 Å². The molecule has 0 spiro atoms. The van der Waals surface area contributed by atoms with Crippen LogP contribution in [0, 0.1) is 0 Å². The van der Waals surface area contributed by atoms with Gasteiger partial charge in [0.1, 0.15) is 11.3 Å². The van der Waals surface area contributed by atoms with Crippen LogP contribution in [0.1, 0.15) is 15.9 Å². The summed E-state index contributed by atoms with van der Waals surface area (Å²) in [6.07, 6.45) is 0.949. The molecule has 0 aliphatic rings. The molecule has 0 saturated carbocycles. The second-order valence-electron chi connectivity index (χ2n) is 5.40. The van der Waals surface area contributed by atoms with Gasteiger partial charge < -0.3 is 9.84 Å². The molecule has 0 fully saturated rings. The third kappa shape index (κ3) is 4.23. The molecule has 1 N–H and O–H groups in total. The number of hydrogen-bond acceptors (Lipinski definition) is 3. The molecule has 0 bridgehead atoms. The summed E-state index contributed by atoms with van der Waals surface area (Å²) in [6, 6.07) is 6.34. The highest BCUT2D eigenvalue weighted by Crippen LogP contribution is 2.22. The predicted octanol–water partition coefficient (Wildman–Crippen LogP) is 3.06. The summed E-state index contributed by atoms with van der Waals surface area (Å²) in [5, 5.41) is 9.73. The molecule has 1 rings (SSSR count). The Morgan fingerprint density at radius 2 is 2.00 bits per heavy atom. The van der Waals surface area contributed by atoms with Crippen LogP contribution in [0.15, 0.2) is 18.2 Å².